The lowest BCUT2D eigenvalue weighted by Crippen LogP contribution is -2.33. The molecule has 3 N–H and O–H groups in total. The van der Waals surface area contributed by atoms with E-state index in [0.717, 1.165) is 16.7 Å². The third kappa shape index (κ3) is 7.23. The SMILES string of the molecule is Cc1ccc(NC(=O)N2CC[C@@H](CC(F)(F)F)C2)cc1-c1cc(N[C@H](C)CO)nc(-c2ccnc(C#N)c2)c1. The van der Waals surface area contributed by atoms with Crippen LogP contribution in [-0.4, -0.2) is 57.9 Å². The highest BCUT2D eigenvalue weighted by Crippen LogP contribution is 2.33. The summed E-state index contributed by atoms with van der Waals surface area (Å²) in [5, 5.41) is 24.8. The van der Waals surface area contributed by atoms with Gasteiger partial charge in [0, 0.05) is 43.0 Å². The number of likely N-dealkylation sites (tertiary alicyclic amines) is 1. The minimum absolute atomic E-state index is 0.0620. The summed E-state index contributed by atoms with van der Waals surface area (Å²) in [6, 6.07) is 13.8. The smallest absolute Gasteiger partial charge is 0.389 e. The Morgan fingerprint density at radius 3 is 2.74 bits per heavy atom. The highest BCUT2D eigenvalue weighted by molar-refractivity contribution is 5.91. The molecule has 8 nitrogen and oxygen atoms in total. The minimum Gasteiger partial charge on any atom is -0.394 e. The summed E-state index contributed by atoms with van der Waals surface area (Å²) < 4.78 is 38.3. The lowest BCUT2D eigenvalue weighted by Gasteiger charge is -2.19. The summed E-state index contributed by atoms with van der Waals surface area (Å²) in [7, 11) is 0. The van der Waals surface area contributed by atoms with Gasteiger partial charge in [-0.3, -0.25) is 0 Å². The van der Waals surface area contributed by atoms with Gasteiger partial charge in [0.05, 0.1) is 12.3 Å². The molecule has 3 heterocycles. The number of carbonyl (C=O) groups is 1. The van der Waals surface area contributed by atoms with E-state index >= 15 is 0 Å². The third-order valence-electron chi connectivity index (χ3n) is 6.56. The van der Waals surface area contributed by atoms with E-state index in [-0.39, 0.29) is 31.4 Å². The van der Waals surface area contributed by atoms with Crippen LogP contribution in [0.3, 0.4) is 0 Å². The van der Waals surface area contributed by atoms with Crippen LogP contribution in [0.5, 0.6) is 0 Å². The Bertz CT molecular complexity index is 1390. The number of pyridine rings is 2. The van der Waals surface area contributed by atoms with E-state index in [1.165, 1.54) is 11.1 Å². The van der Waals surface area contributed by atoms with E-state index < -0.39 is 24.5 Å². The van der Waals surface area contributed by atoms with Gasteiger partial charge < -0.3 is 20.6 Å². The van der Waals surface area contributed by atoms with Gasteiger partial charge >= 0.3 is 12.2 Å². The zero-order valence-corrected chi connectivity index (χ0v) is 21.6. The molecule has 2 aromatic heterocycles. The van der Waals surface area contributed by atoms with E-state index in [2.05, 4.69) is 20.6 Å². The summed E-state index contributed by atoms with van der Waals surface area (Å²) in [5.74, 6) is -0.0810. The number of aryl methyl sites for hydroxylation is 1. The van der Waals surface area contributed by atoms with Gasteiger partial charge in [0.25, 0.3) is 0 Å². The van der Waals surface area contributed by atoms with Gasteiger partial charge in [0.2, 0.25) is 0 Å². The Kier molecular flexibility index (Phi) is 8.35. The summed E-state index contributed by atoms with van der Waals surface area (Å²) in [4.78, 5) is 22.9. The van der Waals surface area contributed by atoms with Gasteiger partial charge in [-0.25, -0.2) is 14.8 Å². The second-order valence-corrected chi connectivity index (χ2v) is 9.78. The number of hydrogen-bond acceptors (Lipinski definition) is 6. The van der Waals surface area contributed by atoms with Gasteiger partial charge in [-0.05, 0) is 79.3 Å². The first-order valence-corrected chi connectivity index (χ1v) is 12.5. The molecule has 2 atom stereocenters. The summed E-state index contributed by atoms with van der Waals surface area (Å²) in [6.07, 6.45) is -3.29. The molecule has 0 spiro atoms. The molecule has 0 radical (unpaired) electrons. The van der Waals surface area contributed by atoms with Gasteiger partial charge in [-0.1, -0.05) is 6.07 Å². The number of aliphatic hydroxyl groups is 1. The van der Waals surface area contributed by atoms with Crippen LogP contribution in [0.2, 0.25) is 0 Å². The summed E-state index contributed by atoms with van der Waals surface area (Å²) in [5.41, 5.74) is 4.54. The monoisotopic (exact) mass is 538 g/mol. The molecule has 1 saturated heterocycles. The average Bonchev–Trinajstić information content (AvgIpc) is 3.36. The van der Waals surface area contributed by atoms with Crippen molar-refractivity contribution in [1.82, 2.24) is 14.9 Å². The minimum atomic E-state index is -4.25. The second-order valence-electron chi connectivity index (χ2n) is 9.78. The lowest BCUT2D eigenvalue weighted by atomic mass is 9.98. The normalized spacial score (nSPS) is 16.0. The highest BCUT2D eigenvalue weighted by atomic mass is 19.4. The summed E-state index contributed by atoms with van der Waals surface area (Å²) in [6.45, 7) is 3.97. The number of amides is 2. The lowest BCUT2D eigenvalue weighted by molar-refractivity contribution is -0.143. The number of nitriles is 1. The predicted molar refractivity (Wildman–Crippen MR) is 142 cm³/mol. The van der Waals surface area contributed by atoms with Crippen molar-refractivity contribution in [3.8, 4) is 28.5 Å². The van der Waals surface area contributed by atoms with Gasteiger partial charge in [-0.2, -0.15) is 18.4 Å². The number of urea groups is 1. The molecule has 2 amide bonds. The number of halogens is 3. The number of anilines is 2. The predicted octanol–water partition coefficient (Wildman–Crippen LogP) is 5.59. The van der Waals surface area contributed by atoms with E-state index in [4.69, 9.17) is 0 Å². The number of hydrogen-bond donors (Lipinski definition) is 3. The van der Waals surface area contributed by atoms with Crippen molar-refractivity contribution in [2.45, 2.75) is 38.9 Å². The van der Waals surface area contributed by atoms with Gasteiger partial charge in [0.15, 0.2) is 0 Å². The first-order chi connectivity index (χ1) is 18.5. The van der Waals surface area contributed by atoms with E-state index in [0.29, 0.717) is 29.2 Å². The Morgan fingerprint density at radius 1 is 1.23 bits per heavy atom. The van der Waals surface area contributed by atoms with Crippen molar-refractivity contribution < 1.29 is 23.1 Å². The molecule has 1 aliphatic rings. The van der Waals surface area contributed by atoms with E-state index in [1.54, 1.807) is 18.2 Å². The highest BCUT2D eigenvalue weighted by Gasteiger charge is 2.36. The molecule has 0 bridgehead atoms. The molecule has 0 aliphatic carbocycles. The number of aliphatic hydroxyl groups excluding tert-OH is 1. The van der Waals surface area contributed by atoms with Crippen LogP contribution in [0.1, 0.15) is 31.0 Å². The molecular formula is C28H29F3N6O2. The van der Waals surface area contributed by atoms with Crippen LogP contribution in [-0.2, 0) is 0 Å². The Balaban J connectivity index is 1.62. The van der Waals surface area contributed by atoms with Crippen molar-refractivity contribution in [3.05, 3.63) is 59.9 Å². The van der Waals surface area contributed by atoms with Crippen molar-refractivity contribution >= 4 is 17.5 Å². The molecule has 1 fully saturated rings. The van der Waals surface area contributed by atoms with Gasteiger partial charge in [-0.15, -0.1) is 0 Å². The van der Waals surface area contributed by atoms with E-state index in [1.807, 2.05) is 44.2 Å². The number of alkyl halides is 3. The number of aromatic nitrogens is 2. The zero-order valence-electron chi connectivity index (χ0n) is 21.6. The molecule has 1 aliphatic heterocycles. The molecular weight excluding hydrogens is 509 g/mol. The third-order valence-corrected chi connectivity index (χ3v) is 6.56. The summed E-state index contributed by atoms with van der Waals surface area (Å²) >= 11 is 0. The van der Waals surface area contributed by atoms with Gasteiger partial charge in [0.1, 0.15) is 17.6 Å². The topological polar surface area (TPSA) is 114 Å². The molecule has 3 aromatic rings. The molecule has 1 aromatic carbocycles. The van der Waals surface area contributed by atoms with Crippen LogP contribution >= 0.6 is 0 Å². The van der Waals surface area contributed by atoms with Crippen LogP contribution < -0.4 is 10.6 Å². The zero-order chi connectivity index (χ0) is 28.2. The van der Waals surface area contributed by atoms with Crippen molar-refractivity contribution in [2.24, 2.45) is 5.92 Å². The van der Waals surface area contributed by atoms with Crippen molar-refractivity contribution in [1.29, 1.82) is 5.26 Å². The molecule has 39 heavy (non-hydrogen) atoms. The van der Waals surface area contributed by atoms with Crippen molar-refractivity contribution in [2.75, 3.05) is 30.3 Å². The fourth-order valence-electron chi connectivity index (χ4n) is 4.58. The first kappa shape index (κ1) is 27.9. The van der Waals surface area contributed by atoms with Crippen LogP contribution in [0.15, 0.2) is 48.7 Å². The molecule has 0 saturated carbocycles. The first-order valence-electron chi connectivity index (χ1n) is 12.5. The van der Waals surface area contributed by atoms with Crippen LogP contribution in [0.25, 0.3) is 22.4 Å². The maximum Gasteiger partial charge on any atom is 0.389 e. The fourth-order valence-corrected chi connectivity index (χ4v) is 4.58. The largest absolute Gasteiger partial charge is 0.394 e. The number of benzene rings is 1. The second kappa shape index (κ2) is 11.7. The van der Waals surface area contributed by atoms with Crippen molar-refractivity contribution in [3.63, 3.8) is 0 Å². The quantitative estimate of drug-likeness (QED) is 0.361. The average molecular weight is 539 g/mol. The Morgan fingerprint density at radius 2 is 2.03 bits per heavy atom. The van der Waals surface area contributed by atoms with Crippen LogP contribution in [0, 0.1) is 24.2 Å². The molecule has 204 valence electrons. The standard InChI is InChI=1S/C28H29F3N6O2/c1-17-3-4-22(35-27(39)37-8-6-19(15-37)13-28(29,30)31)12-24(17)21-10-25(20-5-7-33-23(9-20)14-32)36-26(11-21)34-18(2)16-38/h3-5,7,9-12,18-19,38H,6,8,13,15-16H2,1-2H3,(H,34,36)(H,35,39)/t18-,19+/m1/s1. The Labute approximate surface area is 224 Å². The van der Waals surface area contributed by atoms with E-state index in [9.17, 15) is 28.3 Å². The Hall–Kier alpha value is -4.17. The fraction of sp³-hybridized carbons (Fsp3) is 0.357. The number of nitrogens with one attached hydrogen (secondary N) is 2. The number of carbonyl (C=O) groups excluding carboxylic acids is 1. The molecule has 0 unspecified atom stereocenters. The number of rotatable bonds is 7. The molecule has 4 rings (SSSR count). The maximum atomic E-state index is 12.8. The maximum absolute atomic E-state index is 12.8. The number of nitrogens with zero attached hydrogens (tertiary/aromatic N) is 4. The van der Waals surface area contributed by atoms with Crippen LogP contribution in [0.4, 0.5) is 29.5 Å². The molecule has 11 heteroatoms.